The topological polar surface area (TPSA) is 126 Å². The van der Waals surface area contributed by atoms with Gasteiger partial charge < -0.3 is 30.2 Å². The number of carbonyl (C=O) groups excluding carboxylic acids is 1. The summed E-state index contributed by atoms with van der Waals surface area (Å²) in [6.07, 6.45) is 2.78. The van der Waals surface area contributed by atoms with E-state index < -0.39 is 18.0 Å². The van der Waals surface area contributed by atoms with E-state index in [2.05, 4.69) is 20.6 Å². The van der Waals surface area contributed by atoms with E-state index in [0.29, 0.717) is 12.3 Å². The number of urea groups is 1. The minimum Gasteiger partial charge on any atom is -0.480 e. The predicted molar refractivity (Wildman–Crippen MR) is 72.9 cm³/mol. The number of carboxylic acids is 1. The third-order valence-electron chi connectivity index (χ3n) is 2.76. The molecule has 0 aliphatic heterocycles. The smallest absolute Gasteiger partial charge is 0.326 e. The molecule has 1 rings (SSSR count). The Labute approximate surface area is 122 Å². The molecule has 9 nitrogen and oxygen atoms in total. The SMILES string of the molecule is COCC(CNC(=O)N[C@@H](Cc1cnc[nH]1)C(=O)O)OC. The van der Waals surface area contributed by atoms with Gasteiger partial charge in [0, 0.05) is 39.1 Å². The Bertz CT molecular complexity index is 437. The van der Waals surface area contributed by atoms with E-state index in [1.807, 2.05) is 0 Å². The molecule has 0 spiro atoms. The zero-order valence-electron chi connectivity index (χ0n) is 12.0. The summed E-state index contributed by atoms with van der Waals surface area (Å²) in [6.45, 7) is 0.542. The number of methoxy groups -OCH3 is 2. The van der Waals surface area contributed by atoms with Gasteiger partial charge in [-0.25, -0.2) is 14.6 Å². The average molecular weight is 300 g/mol. The maximum absolute atomic E-state index is 11.7. The Morgan fingerprint density at radius 2 is 2.24 bits per heavy atom. The van der Waals surface area contributed by atoms with E-state index in [1.54, 1.807) is 0 Å². The molecule has 9 heteroatoms. The predicted octanol–water partition coefficient (Wildman–Crippen LogP) is -0.634. The van der Waals surface area contributed by atoms with Crippen molar-refractivity contribution in [3.05, 3.63) is 18.2 Å². The molecule has 2 atom stereocenters. The Kier molecular flexibility index (Phi) is 7.19. The second-order valence-corrected chi connectivity index (χ2v) is 4.34. The molecule has 0 fully saturated rings. The molecule has 21 heavy (non-hydrogen) atoms. The molecule has 1 heterocycles. The normalized spacial score (nSPS) is 13.4. The molecular weight excluding hydrogens is 280 g/mol. The summed E-state index contributed by atoms with van der Waals surface area (Å²) in [5, 5.41) is 14.0. The van der Waals surface area contributed by atoms with Gasteiger partial charge in [0.15, 0.2) is 0 Å². The van der Waals surface area contributed by atoms with Crippen molar-refractivity contribution < 1.29 is 24.2 Å². The van der Waals surface area contributed by atoms with E-state index in [-0.39, 0.29) is 19.1 Å². The Balaban J connectivity index is 2.43. The largest absolute Gasteiger partial charge is 0.480 e. The number of H-pyrrole nitrogens is 1. The lowest BCUT2D eigenvalue weighted by Crippen LogP contribution is -2.49. The van der Waals surface area contributed by atoms with Gasteiger partial charge in [0.1, 0.15) is 6.04 Å². The van der Waals surface area contributed by atoms with Gasteiger partial charge in [0.2, 0.25) is 0 Å². The molecule has 2 amide bonds. The lowest BCUT2D eigenvalue weighted by Gasteiger charge is -2.17. The van der Waals surface area contributed by atoms with Crippen LogP contribution in [0.4, 0.5) is 4.79 Å². The second-order valence-electron chi connectivity index (χ2n) is 4.34. The van der Waals surface area contributed by atoms with Crippen molar-refractivity contribution in [2.24, 2.45) is 0 Å². The van der Waals surface area contributed by atoms with E-state index in [1.165, 1.54) is 26.7 Å². The van der Waals surface area contributed by atoms with Crippen LogP contribution >= 0.6 is 0 Å². The average Bonchev–Trinajstić information content (AvgIpc) is 2.95. The zero-order chi connectivity index (χ0) is 15.7. The number of ether oxygens (including phenoxy) is 2. The Morgan fingerprint density at radius 1 is 1.48 bits per heavy atom. The molecule has 0 saturated carbocycles. The number of rotatable bonds is 9. The number of aromatic amines is 1. The van der Waals surface area contributed by atoms with Gasteiger partial charge in [0.25, 0.3) is 0 Å². The van der Waals surface area contributed by atoms with Gasteiger partial charge >= 0.3 is 12.0 Å². The van der Waals surface area contributed by atoms with Crippen molar-refractivity contribution in [2.75, 3.05) is 27.4 Å². The first kappa shape index (κ1) is 16.9. The third kappa shape index (κ3) is 6.23. The summed E-state index contributed by atoms with van der Waals surface area (Å²) in [7, 11) is 3.03. The third-order valence-corrected chi connectivity index (χ3v) is 2.76. The minimum absolute atomic E-state index is 0.120. The van der Waals surface area contributed by atoms with E-state index in [4.69, 9.17) is 14.6 Å². The molecule has 0 radical (unpaired) electrons. The van der Waals surface area contributed by atoms with Crippen LogP contribution in [0.15, 0.2) is 12.5 Å². The number of nitrogens with zero attached hydrogens (tertiary/aromatic N) is 1. The monoisotopic (exact) mass is 300 g/mol. The lowest BCUT2D eigenvalue weighted by atomic mass is 10.2. The summed E-state index contributed by atoms with van der Waals surface area (Å²) in [4.78, 5) is 29.4. The fourth-order valence-electron chi connectivity index (χ4n) is 1.63. The van der Waals surface area contributed by atoms with Crippen LogP contribution < -0.4 is 10.6 Å². The molecule has 0 aromatic carbocycles. The quantitative estimate of drug-likeness (QED) is 0.481. The molecular formula is C12H20N4O5. The molecule has 0 aliphatic carbocycles. The van der Waals surface area contributed by atoms with Crippen LogP contribution in [-0.2, 0) is 20.7 Å². The summed E-state index contributed by atoms with van der Waals surface area (Å²) in [5.74, 6) is -1.13. The summed E-state index contributed by atoms with van der Waals surface area (Å²) in [6, 6.07) is -1.63. The summed E-state index contributed by atoms with van der Waals surface area (Å²) in [5.41, 5.74) is 0.622. The van der Waals surface area contributed by atoms with Crippen molar-refractivity contribution in [2.45, 2.75) is 18.6 Å². The van der Waals surface area contributed by atoms with Crippen LogP contribution in [0, 0.1) is 0 Å². The van der Waals surface area contributed by atoms with Crippen LogP contribution in [0.1, 0.15) is 5.69 Å². The molecule has 1 aromatic heterocycles. The van der Waals surface area contributed by atoms with E-state index in [0.717, 1.165) is 0 Å². The minimum atomic E-state index is -1.13. The number of hydrogen-bond donors (Lipinski definition) is 4. The number of nitrogens with one attached hydrogen (secondary N) is 3. The number of carboxylic acid groups (broad SMARTS) is 1. The van der Waals surface area contributed by atoms with Crippen LogP contribution in [-0.4, -0.2) is 66.6 Å². The Hall–Kier alpha value is -2.13. The van der Waals surface area contributed by atoms with Crippen molar-refractivity contribution in [1.29, 1.82) is 0 Å². The number of aromatic nitrogens is 2. The van der Waals surface area contributed by atoms with Crippen LogP contribution in [0.5, 0.6) is 0 Å². The van der Waals surface area contributed by atoms with Gasteiger partial charge in [-0.1, -0.05) is 0 Å². The van der Waals surface area contributed by atoms with Gasteiger partial charge in [-0.05, 0) is 0 Å². The molecule has 118 valence electrons. The van der Waals surface area contributed by atoms with Crippen LogP contribution in [0.25, 0.3) is 0 Å². The molecule has 4 N–H and O–H groups in total. The first-order valence-electron chi connectivity index (χ1n) is 6.33. The second kappa shape index (κ2) is 8.93. The van der Waals surface area contributed by atoms with Crippen LogP contribution in [0.2, 0.25) is 0 Å². The van der Waals surface area contributed by atoms with Gasteiger partial charge in [-0.2, -0.15) is 0 Å². The number of aliphatic carboxylic acids is 1. The first-order chi connectivity index (χ1) is 10.1. The van der Waals surface area contributed by atoms with E-state index in [9.17, 15) is 9.59 Å². The van der Waals surface area contributed by atoms with Gasteiger partial charge in [-0.15, -0.1) is 0 Å². The zero-order valence-corrected chi connectivity index (χ0v) is 12.0. The highest BCUT2D eigenvalue weighted by Gasteiger charge is 2.21. The van der Waals surface area contributed by atoms with Gasteiger partial charge in [0.05, 0.1) is 19.0 Å². The van der Waals surface area contributed by atoms with Crippen molar-refractivity contribution >= 4 is 12.0 Å². The summed E-state index contributed by atoms with van der Waals surface area (Å²) >= 11 is 0. The fourth-order valence-corrected chi connectivity index (χ4v) is 1.63. The number of hydrogen-bond acceptors (Lipinski definition) is 5. The number of carbonyl (C=O) groups is 2. The maximum Gasteiger partial charge on any atom is 0.326 e. The standard InChI is InChI=1S/C12H20N4O5/c1-20-6-9(21-2)5-14-12(19)16-10(11(17)18)3-8-4-13-7-15-8/h4,7,9-10H,3,5-6H2,1-2H3,(H,13,15)(H,17,18)(H2,14,16,19)/t9?,10-/m0/s1. The Morgan fingerprint density at radius 3 is 2.76 bits per heavy atom. The highest BCUT2D eigenvalue weighted by Crippen LogP contribution is 1.99. The highest BCUT2D eigenvalue weighted by atomic mass is 16.5. The fraction of sp³-hybridized carbons (Fsp3) is 0.583. The van der Waals surface area contributed by atoms with Crippen molar-refractivity contribution in [3.63, 3.8) is 0 Å². The summed E-state index contributed by atoms with van der Waals surface area (Å²) < 4.78 is 10.00. The molecule has 0 bridgehead atoms. The molecule has 1 unspecified atom stereocenters. The molecule has 0 aliphatic rings. The molecule has 1 aromatic rings. The first-order valence-corrected chi connectivity index (χ1v) is 6.33. The van der Waals surface area contributed by atoms with Gasteiger partial charge in [-0.3, -0.25) is 0 Å². The van der Waals surface area contributed by atoms with E-state index >= 15 is 0 Å². The van der Waals surface area contributed by atoms with Crippen molar-refractivity contribution in [1.82, 2.24) is 20.6 Å². The number of imidazole rings is 1. The lowest BCUT2D eigenvalue weighted by molar-refractivity contribution is -0.139. The van der Waals surface area contributed by atoms with Crippen LogP contribution in [0.3, 0.4) is 0 Å². The molecule has 0 saturated heterocycles. The van der Waals surface area contributed by atoms with Crippen molar-refractivity contribution in [3.8, 4) is 0 Å². The number of amides is 2. The highest BCUT2D eigenvalue weighted by molar-refractivity contribution is 5.82. The maximum atomic E-state index is 11.7.